The molecule has 2 heterocycles. The third kappa shape index (κ3) is 1.69. The summed E-state index contributed by atoms with van der Waals surface area (Å²) in [4.78, 5) is 16.5. The van der Waals surface area contributed by atoms with E-state index in [0.717, 1.165) is 11.3 Å². The van der Waals surface area contributed by atoms with Crippen molar-refractivity contribution in [1.29, 1.82) is 0 Å². The number of nitrogens with one attached hydrogen (secondary N) is 2. The van der Waals surface area contributed by atoms with Gasteiger partial charge in [-0.05, 0) is 19.9 Å². The standard InChI is InChI=1S/C14H17N3O2/c1-13(2)8-14(11(18)16-12(15-3)17-14)9-6-4-5-7-10(9)19-13/h4-7H,8H2,1-3H3,(H2,15,16,17,18). The van der Waals surface area contributed by atoms with Gasteiger partial charge in [-0.1, -0.05) is 18.2 Å². The molecule has 3 rings (SSSR count). The topological polar surface area (TPSA) is 62.7 Å². The zero-order valence-electron chi connectivity index (χ0n) is 11.3. The van der Waals surface area contributed by atoms with Gasteiger partial charge in [0.25, 0.3) is 5.91 Å². The molecule has 2 aliphatic rings. The van der Waals surface area contributed by atoms with Crippen molar-refractivity contribution < 1.29 is 9.53 Å². The van der Waals surface area contributed by atoms with Crippen molar-refractivity contribution in [2.75, 3.05) is 7.05 Å². The number of carbonyl (C=O) groups excluding carboxylic acids is 1. The Kier molecular flexibility index (Phi) is 2.36. The van der Waals surface area contributed by atoms with Crippen LogP contribution in [0.3, 0.4) is 0 Å². The van der Waals surface area contributed by atoms with Gasteiger partial charge >= 0.3 is 0 Å². The number of para-hydroxylation sites is 1. The molecule has 0 aromatic heterocycles. The molecule has 1 fully saturated rings. The number of nitrogens with zero attached hydrogens (tertiary/aromatic N) is 1. The number of hydrogen-bond donors (Lipinski definition) is 2. The van der Waals surface area contributed by atoms with Crippen molar-refractivity contribution in [2.45, 2.75) is 31.4 Å². The number of carbonyl (C=O) groups is 1. The highest BCUT2D eigenvalue weighted by Gasteiger charge is 2.54. The molecule has 1 spiro atoms. The summed E-state index contributed by atoms with van der Waals surface area (Å²) < 4.78 is 5.96. The summed E-state index contributed by atoms with van der Waals surface area (Å²) in [6.07, 6.45) is 0.557. The molecule has 0 aliphatic carbocycles. The number of fused-ring (bicyclic) bond motifs is 2. The van der Waals surface area contributed by atoms with Crippen LogP contribution >= 0.6 is 0 Å². The van der Waals surface area contributed by atoms with Gasteiger partial charge in [-0.2, -0.15) is 0 Å². The van der Waals surface area contributed by atoms with E-state index < -0.39 is 11.1 Å². The monoisotopic (exact) mass is 259 g/mol. The maximum Gasteiger partial charge on any atom is 0.257 e. The molecule has 19 heavy (non-hydrogen) atoms. The Balaban J connectivity index is 2.18. The molecule has 1 saturated heterocycles. The lowest BCUT2D eigenvalue weighted by molar-refractivity contribution is -0.127. The van der Waals surface area contributed by atoms with Crippen molar-refractivity contribution in [3.63, 3.8) is 0 Å². The van der Waals surface area contributed by atoms with E-state index >= 15 is 0 Å². The molecule has 1 aromatic carbocycles. The van der Waals surface area contributed by atoms with Crippen LogP contribution in [0.5, 0.6) is 5.75 Å². The molecule has 2 N–H and O–H groups in total. The Hall–Kier alpha value is -2.04. The Morgan fingerprint density at radius 3 is 2.74 bits per heavy atom. The second-order valence-corrected chi connectivity index (χ2v) is 5.59. The molecule has 0 bridgehead atoms. The first kappa shape index (κ1) is 12.0. The van der Waals surface area contributed by atoms with Gasteiger partial charge < -0.3 is 10.1 Å². The number of hydrogen-bond acceptors (Lipinski definition) is 3. The Labute approximate surface area is 112 Å². The molecule has 0 saturated carbocycles. The summed E-state index contributed by atoms with van der Waals surface area (Å²) in [5.74, 6) is 1.19. The van der Waals surface area contributed by atoms with Gasteiger partial charge in [0.15, 0.2) is 11.5 Å². The minimum absolute atomic E-state index is 0.0723. The fourth-order valence-corrected chi connectivity index (χ4v) is 2.91. The number of rotatable bonds is 0. The highest BCUT2D eigenvalue weighted by Crippen LogP contribution is 2.44. The smallest absolute Gasteiger partial charge is 0.257 e. The maximum absolute atomic E-state index is 12.5. The van der Waals surface area contributed by atoms with Gasteiger partial charge in [-0.25, -0.2) is 0 Å². The lowest BCUT2D eigenvalue weighted by Crippen LogP contribution is -2.53. The van der Waals surface area contributed by atoms with Crippen LogP contribution in [0.4, 0.5) is 0 Å². The lowest BCUT2D eigenvalue weighted by atomic mass is 9.77. The fraction of sp³-hybridized carbons (Fsp3) is 0.429. The van der Waals surface area contributed by atoms with Crippen LogP contribution in [-0.4, -0.2) is 24.5 Å². The summed E-state index contributed by atoms with van der Waals surface area (Å²) in [6.45, 7) is 3.97. The molecule has 5 nitrogen and oxygen atoms in total. The molecule has 1 aromatic rings. The van der Waals surface area contributed by atoms with E-state index in [1.807, 2.05) is 38.1 Å². The predicted molar refractivity (Wildman–Crippen MR) is 72.1 cm³/mol. The number of aliphatic imine (C=N–C) groups is 1. The lowest BCUT2D eigenvalue weighted by Gasteiger charge is -2.42. The highest BCUT2D eigenvalue weighted by molar-refractivity contribution is 6.09. The van der Waals surface area contributed by atoms with Gasteiger partial charge in [-0.15, -0.1) is 0 Å². The average Bonchev–Trinajstić information content (AvgIpc) is 2.65. The minimum atomic E-state index is -0.785. The van der Waals surface area contributed by atoms with Crippen LogP contribution in [0.2, 0.25) is 0 Å². The molecule has 1 amide bonds. The van der Waals surface area contributed by atoms with Crippen molar-refractivity contribution in [1.82, 2.24) is 10.6 Å². The van der Waals surface area contributed by atoms with E-state index in [0.29, 0.717) is 12.4 Å². The first-order valence-corrected chi connectivity index (χ1v) is 6.32. The quantitative estimate of drug-likeness (QED) is 0.734. The van der Waals surface area contributed by atoms with E-state index in [4.69, 9.17) is 4.74 Å². The average molecular weight is 259 g/mol. The number of benzene rings is 1. The van der Waals surface area contributed by atoms with Gasteiger partial charge in [0.2, 0.25) is 0 Å². The third-order valence-corrected chi connectivity index (χ3v) is 3.60. The van der Waals surface area contributed by atoms with Gasteiger partial charge in [-0.3, -0.25) is 15.1 Å². The van der Waals surface area contributed by atoms with Gasteiger partial charge in [0.05, 0.1) is 0 Å². The van der Waals surface area contributed by atoms with E-state index in [-0.39, 0.29) is 5.91 Å². The Morgan fingerprint density at radius 2 is 2.05 bits per heavy atom. The third-order valence-electron chi connectivity index (χ3n) is 3.60. The second kappa shape index (κ2) is 3.73. The normalized spacial score (nSPS) is 29.6. The summed E-state index contributed by atoms with van der Waals surface area (Å²) in [6, 6.07) is 7.65. The largest absolute Gasteiger partial charge is 0.487 e. The van der Waals surface area contributed by atoms with Crippen LogP contribution in [0.1, 0.15) is 25.8 Å². The highest BCUT2D eigenvalue weighted by atomic mass is 16.5. The summed E-state index contributed by atoms with van der Waals surface area (Å²) in [5, 5.41) is 6.01. The number of ether oxygens (including phenoxy) is 1. The molecule has 2 aliphatic heterocycles. The molecule has 100 valence electrons. The van der Waals surface area contributed by atoms with E-state index in [1.54, 1.807) is 7.05 Å². The van der Waals surface area contributed by atoms with Crippen molar-refractivity contribution in [2.24, 2.45) is 4.99 Å². The van der Waals surface area contributed by atoms with Crippen LogP contribution in [0.15, 0.2) is 29.3 Å². The zero-order valence-corrected chi connectivity index (χ0v) is 11.3. The number of guanidine groups is 1. The van der Waals surface area contributed by atoms with Gasteiger partial charge in [0.1, 0.15) is 11.4 Å². The second-order valence-electron chi connectivity index (χ2n) is 5.59. The van der Waals surface area contributed by atoms with Crippen molar-refractivity contribution in [3.05, 3.63) is 29.8 Å². The molecule has 0 radical (unpaired) electrons. The Morgan fingerprint density at radius 1 is 1.32 bits per heavy atom. The van der Waals surface area contributed by atoms with Crippen LogP contribution in [0.25, 0.3) is 0 Å². The van der Waals surface area contributed by atoms with E-state index in [1.165, 1.54) is 0 Å². The fourth-order valence-electron chi connectivity index (χ4n) is 2.91. The minimum Gasteiger partial charge on any atom is -0.487 e. The first-order chi connectivity index (χ1) is 8.97. The number of amides is 1. The summed E-state index contributed by atoms with van der Waals surface area (Å²) in [7, 11) is 1.65. The van der Waals surface area contributed by atoms with Crippen molar-refractivity contribution >= 4 is 11.9 Å². The molecule has 1 unspecified atom stereocenters. The van der Waals surface area contributed by atoms with Crippen molar-refractivity contribution in [3.8, 4) is 5.75 Å². The zero-order chi connectivity index (χ0) is 13.7. The molecular formula is C14H17N3O2. The maximum atomic E-state index is 12.5. The first-order valence-electron chi connectivity index (χ1n) is 6.32. The predicted octanol–water partition coefficient (Wildman–Crippen LogP) is 1.15. The van der Waals surface area contributed by atoms with Crippen LogP contribution in [-0.2, 0) is 10.3 Å². The SMILES string of the molecule is CN=C1NC(=O)C2(CC(C)(C)Oc3ccccc32)N1. The van der Waals surface area contributed by atoms with Crippen LogP contribution in [0, 0.1) is 0 Å². The molecule has 1 atom stereocenters. The molecule has 5 heteroatoms. The van der Waals surface area contributed by atoms with E-state index in [2.05, 4.69) is 15.6 Å². The summed E-state index contributed by atoms with van der Waals surface area (Å²) >= 11 is 0. The summed E-state index contributed by atoms with van der Waals surface area (Å²) in [5.41, 5.74) is -0.333. The van der Waals surface area contributed by atoms with Crippen LogP contribution < -0.4 is 15.4 Å². The van der Waals surface area contributed by atoms with Gasteiger partial charge in [0, 0.05) is 19.0 Å². The molecular weight excluding hydrogens is 242 g/mol. The van der Waals surface area contributed by atoms with E-state index in [9.17, 15) is 4.79 Å². The Bertz CT molecular complexity index is 580.